The van der Waals surface area contributed by atoms with E-state index in [1.165, 1.54) is 0 Å². The van der Waals surface area contributed by atoms with Crippen molar-refractivity contribution in [2.45, 2.75) is 44.7 Å². The number of aryl methyl sites for hydroxylation is 1. The number of fused-ring (bicyclic) bond motifs is 10. The number of anilines is 2. The lowest BCUT2D eigenvalue weighted by atomic mass is 9.91. The van der Waals surface area contributed by atoms with Gasteiger partial charge in [0.15, 0.2) is 0 Å². The fourth-order valence-corrected chi connectivity index (χ4v) is 5.29. The van der Waals surface area contributed by atoms with Crippen LogP contribution in [-0.2, 0) is 20.7 Å². The zero-order valence-electron chi connectivity index (χ0n) is 23.3. The van der Waals surface area contributed by atoms with Crippen molar-refractivity contribution in [1.82, 2.24) is 10.3 Å². The number of benzene rings is 3. The number of pyridine rings is 1. The van der Waals surface area contributed by atoms with Crippen molar-refractivity contribution in [2.24, 2.45) is 0 Å². The summed E-state index contributed by atoms with van der Waals surface area (Å²) in [6, 6.07) is 17.6. The predicted octanol–water partition coefficient (Wildman–Crippen LogP) is 5.24. The molecule has 4 bridgehead atoms. The number of carbonyl (C=O) groups is 3. The number of amides is 2. The third-order valence-electron chi connectivity index (χ3n) is 7.46. The van der Waals surface area contributed by atoms with Gasteiger partial charge in [0, 0.05) is 28.9 Å². The van der Waals surface area contributed by atoms with Gasteiger partial charge in [-0.1, -0.05) is 50.2 Å². The molecule has 0 saturated heterocycles. The molecule has 5 N–H and O–H groups in total. The van der Waals surface area contributed by atoms with Gasteiger partial charge in [-0.05, 0) is 64.4 Å². The number of H-pyrrole nitrogens is 1. The summed E-state index contributed by atoms with van der Waals surface area (Å²) in [6.45, 7) is 4.12. The van der Waals surface area contributed by atoms with Crippen LogP contribution in [0.15, 0.2) is 77.7 Å². The van der Waals surface area contributed by atoms with E-state index in [0.29, 0.717) is 34.3 Å². The number of aromatic nitrogens is 1. The molecule has 2 aliphatic heterocycles. The highest BCUT2D eigenvalue weighted by Gasteiger charge is 2.27. The number of carboxylic acids is 1. The first-order chi connectivity index (χ1) is 20.2. The van der Waals surface area contributed by atoms with E-state index in [4.69, 9.17) is 4.74 Å². The van der Waals surface area contributed by atoms with Crippen LogP contribution in [0, 0.1) is 0 Å². The molecule has 6 rings (SSSR count). The molecule has 2 amide bonds. The van der Waals surface area contributed by atoms with Crippen LogP contribution in [0.5, 0.6) is 0 Å². The van der Waals surface area contributed by atoms with Crippen LogP contribution < -0.4 is 21.5 Å². The standard InChI is InChI=1S/C32H32N4O6/c1-3-19-13-22-8-10-25(19)18(2)17-42-32(41)35-23-6-4-5-21(14-23)27(16-28(37)38)36-31(40)29(22)34-24-9-7-20-11-12-33-30(39)26(20)15-24/h4-15,18,27,29,34H,3,16-17H2,1-2H3,(H,33,39)(H,35,41)(H,36,40)(H,37,38)/t18-,27?,29?/m0/s1. The topological polar surface area (TPSA) is 150 Å². The summed E-state index contributed by atoms with van der Waals surface area (Å²) < 4.78 is 5.50. The Labute approximate surface area is 242 Å². The van der Waals surface area contributed by atoms with E-state index in [9.17, 15) is 24.3 Å². The third-order valence-corrected chi connectivity index (χ3v) is 7.46. The Hall–Kier alpha value is -5.12. The summed E-state index contributed by atoms with van der Waals surface area (Å²) in [7, 11) is 0. The Balaban J connectivity index is 1.61. The zero-order valence-corrected chi connectivity index (χ0v) is 23.3. The Morgan fingerprint density at radius 3 is 2.64 bits per heavy atom. The molecule has 216 valence electrons. The number of rotatable bonds is 5. The van der Waals surface area contributed by atoms with Crippen LogP contribution in [0.3, 0.4) is 0 Å². The van der Waals surface area contributed by atoms with Crippen molar-refractivity contribution in [1.29, 1.82) is 0 Å². The number of carbonyl (C=O) groups excluding carboxylic acids is 2. The maximum absolute atomic E-state index is 14.0. The highest BCUT2D eigenvalue weighted by molar-refractivity contribution is 5.90. The Morgan fingerprint density at radius 1 is 1.02 bits per heavy atom. The fraction of sp³-hybridized carbons (Fsp3) is 0.250. The number of hydrogen-bond acceptors (Lipinski definition) is 6. The van der Waals surface area contributed by atoms with E-state index < -0.39 is 30.1 Å². The van der Waals surface area contributed by atoms with Crippen LogP contribution in [0.1, 0.15) is 60.5 Å². The molecule has 0 aliphatic carbocycles. The molecule has 3 aromatic carbocycles. The molecule has 2 unspecified atom stereocenters. The fourth-order valence-electron chi connectivity index (χ4n) is 5.29. The summed E-state index contributed by atoms with van der Waals surface area (Å²) in [6.07, 6.45) is 1.24. The quantitative estimate of drug-likeness (QED) is 0.221. The minimum atomic E-state index is -1.10. The maximum atomic E-state index is 14.0. The van der Waals surface area contributed by atoms with E-state index >= 15 is 0 Å². The molecule has 0 saturated carbocycles. The summed E-state index contributed by atoms with van der Waals surface area (Å²) in [5.74, 6) is -1.65. The smallest absolute Gasteiger partial charge is 0.411 e. The summed E-state index contributed by atoms with van der Waals surface area (Å²) >= 11 is 0. The van der Waals surface area contributed by atoms with Gasteiger partial charge in [0.1, 0.15) is 6.04 Å². The molecule has 10 heteroatoms. The Kier molecular flexibility index (Phi) is 8.24. The van der Waals surface area contributed by atoms with Crippen molar-refractivity contribution in [3.63, 3.8) is 0 Å². The molecule has 0 spiro atoms. The Bertz CT molecular complexity index is 1720. The van der Waals surface area contributed by atoms with Crippen molar-refractivity contribution < 1.29 is 24.2 Å². The number of carboxylic acid groups (broad SMARTS) is 1. The second kappa shape index (κ2) is 12.2. The highest BCUT2D eigenvalue weighted by Crippen LogP contribution is 2.30. The summed E-state index contributed by atoms with van der Waals surface area (Å²) in [4.78, 5) is 53.5. The first kappa shape index (κ1) is 28.4. The molecule has 4 aromatic rings. The molecular weight excluding hydrogens is 536 g/mol. The second-order valence-electron chi connectivity index (χ2n) is 10.4. The largest absolute Gasteiger partial charge is 0.481 e. The predicted molar refractivity (Wildman–Crippen MR) is 160 cm³/mol. The van der Waals surface area contributed by atoms with Crippen molar-refractivity contribution in [3.8, 4) is 0 Å². The molecule has 3 atom stereocenters. The minimum Gasteiger partial charge on any atom is -0.481 e. The number of aliphatic carboxylic acids is 1. The van der Waals surface area contributed by atoms with Crippen LogP contribution in [0.25, 0.3) is 10.8 Å². The molecule has 42 heavy (non-hydrogen) atoms. The zero-order chi connectivity index (χ0) is 29.8. The van der Waals surface area contributed by atoms with E-state index in [0.717, 1.165) is 16.5 Å². The van der Waals surface area contributed by atoms with Gasteiger partial charge in [-0.25, -0.2) is 4.79 Å². The average molecular weight is 569 g/mol. The van der Waals surface area contributed by atoms with Crippen molar-refractivity contribution >= 4 is 40.1 Å². The first-order valence-corrected chi connectivity index (χ1v) is 13.8. The first-order valence-electron chi connectivity index (χ1n) is 13.8. The lowest BCUT2D eigenvalue weighted by Gasteiger charge is -2.26. The van der Waals surface area contributed by atoms with E-state index in [1.807, 2.05) is 32.0 Å². The van der Waals surface area contributed by atoms with Crippen LogP contribution >= 0.6 is 0 Å². The number of nitrogens with one attached hydrogen (secondary N) is 4. The Morgan fingerprint density at radius 2 is 1.86 bits per heavy atom. The lowest BCUT2D eigenvalue weighted by Crippen LogP contribution is -2.37. The monoisotopic (exact) mass is 568 g/mol. The molecular formula is C32H32N4O6. The summed E-state index contributed by atoms with van der Waals surface area (Å²) in [5, 5.41) is 19.8. The normalized spacial score (nSPS) is 19.0. The van der Waals surface area contributed by atoms with Gasteiger partial charge in [-0.15, -0.1) is 0 Å². The number of hydrogen-bond donors (Lipinski definition) is 5. The molecule has 3 heterocycles. The second-order valence-corrected chi connectivity index (χ2v) is 10.4. The molecule has 1 aromatic heterocycles. The van der Waals surface area contributed by atoms with E-state index in [-0.39, 0.29) is 24.5 Å². The van der Waals surface area contributed by atoms with E-state index in [2.05, 4.69) is 20.9 Å². The van der Waals surface area contributed by atoms with Gasteiger partial charge in [0.25, 0.3) is 5.56 Å². The van der Waals surface area contributed by atoms with Gasteiger partial charge in [-0.2, -0.15) is 0 Å². The van der Waals surface area contributed by atoms with Crippen LogP contribution in [-0.4, -0.2) is 34.7 Å². The van der Waals surface area contributed by atoms with Crippen molar-refractivity contribution in [2.75, 3.05) is 17.2 Å². The van der Waals surface area contributed by atoms with E-state index in [1.54, 1.807) is 54.7 Å². The third kappa shape index (κ3) is 6.27. The summed E-state index contributed by atoms with van der Waals surface area (Å²) in [5.41, 5.74) is 3.86. The molecule has 10 nitrogen and oxygen atoms in total. The van der Waals surface area contributed by atoms with Crippen molar-refractivity contribution in [3.05, 3.63) is 106 Å². The van der Waals surface area contributed by atoms with Gasteiger partial charge in [0.05, 0.1) is 19.1 Å². The van der Waals surface area contributed by atoms with Crippen LogP contribution in [0.4, 0.5) is 16.2 Å². The number of aromatic amines is 1. The molecule has 2 aliphatic rings. The van der Waals surface area contributed by atoms with Gasteiger partial charge >= 0.3 is 12.1 Å². The molecule has 0 fully saturated rings. The molecule has 0 radical (unpaired) electrons. The van der Waals surface area contributed by atoms with Gasteiger partial charge < -0.3 is 25.5 Å². The SMILES string of the molecule is CCc1cc2ccc1[C@@H](C)COC(=O)Nc1cccc(c1)C(CC(=O)O)NC(=O)C2Nc1ccc2cc[nH]c(=O)c2c1. The lowest BCUT2D eigenvalue weighted by molar-refractivity contribution is -0.137. The van der Waals surface area contributed by atoms with Gasteiger partial charge in [-0.3, -0.25) is 19.7 Å². The van der Waals surface area contributed by atoms with Gasteiger partial charge in [0.2, 0.25) is 5.91 Å². The average Bonchev–Trinajstić information content (AvgIpc) is 2.97. The highest BCUT2D eigenvalue weighted by atomic mass is 16.5. The maximum Gasteiger partial charge on any atom is 0.411 e. The van der Waals surface area contributed by atoms with Crippen LogP contribution in [0.2, 0.25) is 0 Å². The minimum absolute atomic E-state index is 0.105. The number of ether oxygens (including phenoxy) is 1.